The number of nitrogens with zero attached hydrogens (tertiary/aromatic N) is 3. The van der Waals surface area contributed by atoms with E-state index >= 15 is 0 Å². The molecule has 1 N–H and O–H groups in total. The first-order valence-corrected chi connectivity index (χ1v) is 13.5. The lowest BCUT2D eigenvalue weighted by Gasteiger charge is -2.40. The minimum atomic E-state index is -1.19. The summed E-state index contributed by atoms with van der Waals surface area (Å²) < 4.78 is 5.70. The normalized spacial score (nSPS) is 28.5. The van der Waals surface area contributed by atoms with Crippen molar-refractivity contribution >= 4 is 17.8 Å². The minimum absolute atomic E-state index is 0.104. The molecular formula is C27H38N4O4. The molecule has 190 valence electrons. The molecule has 3 saturated heterocycles. The molecule has 8 nitrogen and oxygen atoms in total. The van der Waals surface area contributed by atoms with E-state index in [1.54, 1.807) is 6.20 Å². The Kier molecular flexibility index (Phi) is 7.37. The molecular weight excluding hydrogens is 444 g/mol. The lowest BCUT2D eigenvalue weighted by atomic mass is 9.75. The highest BCUT2D eigenvalue weighted by atomic mass is 16.5. The fourth-order valence-electron chi connectivity index (χ4n) is 6.53. The summed E-state index contributed by atoms with van der Waals surface area (Å²) in [5.74, 6) is 0.561. The molecule has 4 aliphatic rings. The number of nitrogens with one attached hydrogen (secondary N) is 1. The summed E-state index contributed by atoms with van der Waals surface area (Å²) in [6, 6.07) is 5.13. The summed E-state index contributed by atoms with van der Waals surface area (Å²) in [5, 5.41) is 3.06. The van der Waals surface area contributed by atoms with Crippen LogP contribution < -0.4 is 5.32 Å². The van der Waals surface area contributed by atoms with Crippen LogP contribution in [0, 0.1) is 11.8 Å². The Balaban J connectivity index is 1.27. The van der Waals surface area contributed by atoms with E-state index in [0.717, 1.165) is 19.3 Å². The van der Waals surface area contributed by atoms with Crippen LogP contribution >= 0.6 is 0 Å². The second-order valence-corrected chi connectivity index (χ2v) is 10.7. The average molecular weight is 483 g/mol. The van der Waals surface area contributed by atoms with Gasteiger partial charge in [-0.05, 0) is 50.2 Å². The molecule has 4 heterocycles. The van der Waals surface area contributed by atoms with Gasteiger partial charge in [0.05, 0.1) is 18.3 Å². The second kappa shape index (κ2) is 10.6. The summed E-state index contributed by atoms with van der Waals surface area (Å²) in [6.07, 6.45) is 12.7. The Bertz CT molecular complexity index is 905. The number of hydrogen-bond acceptors (Lipinski definition) is 5. The van der Waals surface area contributed by atoms with Gasteiger partial charge in [-0.15, -0.1) is 0 Å². The number of urea groups is 1. The summed E-state index contributed by atoms with van der Waals surface area (Å²) in [6.45, 7) is 2.17. The first-order chi connectivity index (χ1) is 17.1. The summed E-state index contributed by atoms with van der Waals surface area (Å²) >= 11 is 0. The van der Waals surface area contributed by atoms with Crippen molar-refractivity contribution in [3.05, 3.63) is 30.1 Å². The first kappa shape index (κ1) is 24.2. The number of piperidine rings is 1. The van der Waals surface area contributed by atoms with Gasteiger partial charge < -0.3 is 15.0 Å². The molecule has 0 aromatic carbocycles. The summed E-state index contributed by atoms with van der Waals surface area (Å²) in [5.41, 5.74) is -0.607. The van der Waals surface area contributed by atoms with E-state index in [9.17, 15) is 14.4 Å². The molecule has 0 spiro atoms. The van der Waals surface area contributed by atoms with E-state index in [1.165, 1.54) is 37.0 Å². The van der Waals surface area contributed by atoms with Crippen molar-refractivity contribution < 1.29 is 19.1 Å². The Morgan fingerprint density at radius 3 is 2.54 bits per heavy atom. The molecule has 4 amide bonds. The summed E-state index contributed by atoms with van der Waals surface area (Å²) in [7, 11) is 0. The van der Waals surface area contributed by atoms with Crippen molar-refractivity contribution in [1.82, 2.24) is 20.1 Å². The standard InChI is InChI=1S/C27H38N4O4/c32-24(12-11-20-7-2-1-3-8-20)30-16-13-21(14-17-30)27(23-10-4-5-15-28-23)25(33)31(26(34)29-27)19-22-9-6-18-35-22/h4-5,10,15,20-22H,1-3,6-9,11-14,16-19H2,(H,29,34)/t22-,27-/m1/s1. The SMILES string of the molecule is O=C(CCC1CCCCC1)N1CCC([C@]2(c3ccccn3)NC(=O)N(C[C@H]3CCCO3)C2=O)CC1. The monoisotopic (exact) mass is 482 g/mol. The van der Waals surface area contributed by atoms with Crippen LogP contribution in [0.2, 0.25) is 0 Å². The number of aromatic nitrogens is 1. The van der Waals surface area contributed by atoms with Gasteiger partial charge in [-0.2, -0.15) is 0 Å². The number of likely N-dealkylation sites (tertiary alicyclic amines) is 1. The Morgan fingerprint density at radius 2 is 1.86 bits per heavy atom. The molecule has 1 aromatic heterocycles. The molecule has 0 unspecified atom stereocenters. The van der Waals surface area contributed by atoms with Crippen LogP contribution in [0.4, 0.5) is 4.79 Å². The number of rotatable bonds is 7. The number of imide groups is 1. The Hall–Kier alpha value is -2.48. The van der Waals surface area contributed by atoms with Gasteiger partial charge in [0.25, 0.3) is 5.91 Å². The van der Waals surface area contributed by atoms with Gasteiger partial charge in [0.1, 0.15) is 0 Å². The third-order valence-electron chi connectivity index (χ3n) is 8.56. The van der Waals surface area contributed by atoms with Crippen LogP contribution in [0.1, 0.15) is 76.3 Å². The molecule has 0 radical (unpaired) electrons. The topological polar surface area (TPSA) is 91.8 Å². The maximum atomic E-state index is 13.9. The van der Waals surface area contributed by atoms with E-state index in [-0.39, 0.29) is 36.4 Å². The van der Waals surface area contributed by atoms with Crippen molar-refractivity contribution in [3.8, 4) is 0 Å². The van der Waals surface area contributed by atoms with E-state index in [1.807, 2.05) is 23.1 Å². The zero-order valence-electron chi connectivity index (χ0n) is 20.6. The molecule has 3 aliphatic heterocycles. The zero-order chi connectivity index (χ0) is 24.3. The van der Waals surface area contributed by atoms with Crippen LogP contribution in [0.3, 0.4) is 0 Å². The number of ether oxygens (including phenoxy) is 1. The third kappa shape index (κ3) is 4.95. The van der Waals surface area contributed by atoms with E-state index in [2.05, 4.69) is 10.3 Å². The lowest BCUT2D eigenvalue weighted by Crippen LogP contribution is -2.54. The fraction of sp³-hybridized carbons (Fsp3) is 0.704. The van der Waals surface area contributed by atoms with Gasteiger partial charge in [-0.1, -0.05) is 38.2 Å². The van der Waals surface area contributed by atoms with E-state index in [4.69, 9.17) is 4.74 Å². The third-order valence-corrected chi connectivity index (χ3v) is 8.56. The van der Waals surface area contributed by atoms with Gasteiger partial charge in [0.2, 0.25) is 5.91 Å². The maximum Gasteiger partial charge on any atom is 0.325 e. The molecule has 35 heavy (non-hydrogen) atoms. The fourth-order valence-corrected chi connectivity index (χ4v) is 6.53. The van der Waals surface area contributed by atoms with Crippen LogP contribution in [-0.4, -0.2) is 65.0 Å². The maximum absolute atomic E-state index is 13.9. The molecule has 1 saturated carbocycles. The summed E-state index contributed by atoms with van der Waals surface area (Å²) in [4.78, 5) is 47.7. The van der Waals surface area contributed by atoms with Crippen molar-refractivity contribution in [3.63, 3.8) is 0 Å². The number of hydrogen-bond donors (Lipinski definition) is 1. The minimum Gasteiger partial charge on any atom is -0.376 e. The number of pyridine rings is 1. The highest BCUT2D eigenvalue weighted by molar-refractivity contribution is 6.07. The van der Waals surface area contributed by atoms with E-state index in [0.29, 0.717) is 50.6 Å². The zero-order valence-corrected chi connectivity index (χ0v) is 20.6. The molecule has 5 rings (SSSR count). The molecule has 1 aromatic rings. The van der Waals surface area contributed by atoms with Gasteiger partial charge in [-0.3, -0.25) is 19.5 Å². The van der Waals surface area contributed by atoms with Crippen molar-refractivity contribution in [2.45, 2.75) is 82.3 Å². The van der Waals surface area contributed by atoms with Crippen LogP contribution in [0.15, 0.2) is 24.4 Å². The molecule has 0 bridgehead atoms. The second-order valence-electron chi connectivity index (χ2n) is 10.7. The number of carbonyl (C=O) groups excluding carboxylic acids is 3. The van der Waals surface area contributed by atoms with Crippen molar-refractivity contribution in [2.75, 3.05) is 26.2 Å². The highest BCUT2D eigenvalue weighted by Gasteiger charge is 2.58. The Labute approximate surface area is 207 Å². The van der Waals surface area contributed by atoms with Crippen molar-refractivity contribution in [2.24, 2.45) is 11.8 Å². The number of carbonyl (C=O) groups is 3. The highest BCUT2D eigenvalue weighted by Crippen LogP contribution is 2.41. The average Bonchev–Trinajstić information content (AvgIpc) is 3.51. The smallest absolute Gasteiger partial charge is 0.325 e. The quantitative estimate of drug-likeness (QED) is 0.600. The molecule has 8 heteroatoms. The number of amides is 4. The van der Waals surface area contributed by atoms with Gasteiger partial charge in [-0.25, -0.2) is 4.79 Å². The Morgan fingerprint density at radius 1 is 1.06 bits per heavy atom. The predicted octanol–water partition coefficient (Wildman–Crippen LogP) is 3.61. The largest absolute Gasteiger partial charge is 0.376 e. The molecule has 1 aliphatic carbocycles. The molecule has 4 fully saturated rings. The van der Waals surface area contributed by atoms with Crippen LogP contribution in [0.5, 0.6) is 0 Å². The molecule has 2 atom stereocenters. The lowest BCUT2D eigenvalue weighted by molar-refractivity contribution is -0.137. The predicted molar refractivity (Wildman–Crippen MR) is 130 cm³/mol. The van der Waals surface area contributed by atoms with Gasteiger partial charge >= 0.3 is 6.03 Å². The van der Waals surface area contributed by atoms with Crippen molar-refractivity contribution in [1.29, 1.82) is 0 Å². The first-order valence-electron chi connectivity index (χ1n) is 13.5. The van der Waals surface area contributed by atoms with Gasteiger partial charge in [0.15, 0.2) is 5.54 Å². The van der Waals surface area contributed by atoms with Gasteiger partial charge in [0, 0.05) is 38.2 Å². The van der Waals surface area contributed by atoms with Crippen LogP contribution in [-0.2, 0) is 19.9 Å². The van der Waals surface area contributed by atoms with Crippen LogP contribution in [0.25, 0.3) is 0 Å². The van der Waals surface area contributed by atoms with E-state index < -0.39 is 5.54 Å².